The molecule has 1 spiro atoms. The number of hydrogen-bond donors (Lipinski definition) is 3. The molecular weight excluding hydrogens is 763 g/mol. The summed E-state index contributed by atoms with van der Waals surface area (Å²) in [6, 6.07) is 2.09. The average molecular weight is 816 g/mol. The molecule has 7 atom stereocenters. The van der Waals surface area contributed by atoms with E-state index in [9.17, 15) is 37.8 Å². The van der Waals surface area contributed by atoms with Crippen LogP contribution in [0, 0.1) is 0 Å². The molecule has 0 radical (unpaired) electrons. The summed E-state index contributed by atoms with van der Waals surface area (Å²) in [6.07, 6.45) is -4.84. The van der Waals surface area contributed by atoms with Gasteiger partial charge < -0.3 is 34.3 Å². The van der Waals surface area contributed by atoms with E-state index in [0.717, 1.165) is 32.9 Å². The highest BCUT2D eigenvalue weighted by Crippen LogP contribution is 2.52. The van der Waals surface area contributed by atoms with E-state index in [1.807, 2.05) is 67.7 Å². The molecular formula is C33H53N5O13SSi2. The molecule has 2 aromatic rings. The lowest BCUT2D eigenvalue weighted by atomic mass is 9.89. The van der Waals surface area contributed by atoms with Crippen LogP contribution in [-0.4, -0.2) is 96.8 Å². The van der Waals surface area contributed by atoms with Crippen molar-refractivity contribution in [3.8, 4) is 0 Å². The number of aliphatic hydroxyl groups excluding tert-OH is 2. The molecule has 1 unspecified atom stereocenters. The van der Waals surface area contributed by atoms with Crippen molar-refractivity contribution in [1.82, 2.24) is 18.3 Å². The predicted octanol–water partition coefficient (Wildman–Crippen LogP) is 0.688. The second-order valence-corrected chi connectivity index (χ2v) is 28.1. The minimum absolute atomic E-state index is 0.0620. The Balaban J connectivity index is 1.64. The van der Waals surface area contributed by atoms with Gasteiger partial charge in [0.1, 0.15) is 31.2 Å². The van der Waals surface area contributed by atoms with Gasteiger partial charge >= 0.3 is 11.4 Å². The van der Waals surface area contributed by atoms with Gasteiger partial charge in [-0.1, -0.05) is 41.5 Å². The molecule has 0 bridgehead atoms. The Kier molecular flexibility index (Phi) is 11.1. The summed E-state index contributed by atoms with van der Waals surface area (Å²) >= 11 is 0. The van der Waals surface area contributed by atoms with Crippen LogP contribution in [0.3, 0.4) is 0 Å². The molecule has 0 saturated carbocycles. The Hall–Kier alpha value is -3.00. The summed E-state index contributed by atoms with van der Waals surface area (Å²) in [5.41, 5.74) is 0.700. The van der Waals surface area contributed by atoms with Crippen molar-refractivity contribution in [3.63, 3.8) is 0 Å². The topological polar surface area (TPSA) is 235 Å². The van der Waals surface area contributed by atoms with Crippen molar-refractivity contribution >= 4 is 26.8 Å². The maximum atomic E-state index is 14.4. The quantitative estimate of drug-likeness (QED) is 0.221. The molecule has 0 aliphatic carbocycles. The zero-order valence-corrected chi connectivity index (χ0v) is 35.2. The van der Waals surface area contributed by atoms with Crippen molar-refractivity contribution < 1.29 is 41.1 Å². The van der Waals surface area contributed by atoms with E-state index in [1.165, 1.54) is 6.20 Å². The molecule has 54 heavy (non-hydrogen) atoms. The minimum atomic E-state index is -4.36. The smallest absolute Gasteiger partial charge is 0.334 e. The third-order valence-corrected chi connectivity index (χ3v) is 21.5. The summed E-state index contributed by atoms with van der Waals surface area (Å²) in [7, 11) is -9.73. The number of hydrogen-bond acceptors (Lipinski definition) is 14. The Morgan fingerprint density at radius 3 is 1.93 bits per heavy atom. The Morgan fingerprint density at radius 1 is 0.907 bits per heavy atom. The molecule has 302 valence electrons. The third-order valence-electron chi connectivity index (χ3n) is 11.5. The molecule has 3 aliphatic rings. The molecule has 4 N–H and O–H groups in total. The van der Waals surface area contributed by atoms with Crippen molar-refractivity contribution in [3.05, 3.63) is 77.3 Å². The number of aromatic nitrogens is 4. The van der Waals surface area contributed by atoms with Crippen LogP contribution < -0.4 is 28.2 Å². The summed E-state index contributed by atoms with van der Waals surface area (Å²) in [5.74, 6) is 0. The fourth-order valence-electron chi connectivity index (χ4n) is 6.14. The molecule has 5 rings (SSSR count). The van der Waals surface area contributed by atoms with E-state index in [2.05, 4.69) is 0 Å². The van der Waals surface area contributed by atoms with Crippen molar-refractivity contribution in [2.24, 2.45) is 5.73 Å². The highest BCUT2D eigenvalue weighted by Gasteiger charge is 2.67. The van der Waals surface area contributed by atoms with Crippen LogP contribution >= 0.6 is 0 Å². The lowest BCUT2D eigenvalue weighted by Crippen LogP contribution is -2.59. The monoisotopic (exact) mass is 815 g/mol. The van der Waals surface area contributed by atoms with Crippen LogP contribution in [0.1, 0.15) is 60.4 Å². The van der Waals surface area contributed by atoms with E-state index in [1.54, 1.807) is 0 Å². The lowest BCUT2D eigenvalue weighted by Gasteiger charge is -2.43. The van der Waals surface area contributed by atoms with Gasteiger partial charge in [-0.15, -0.1) is 0 Å². The second-order valence-electron chi connectivity index (χ2n) is 17.1. The van der Waals surface area contributed by atoms with Gasteiger partial charge in [0, 0.05) is 30.9 Å². The van der Waals surface area contributed by atoms with Gasteiger partial charge in [0.05, 0.1) is 30.4 Å². The van der Waals surface area contributed by atoms with Crippen molar-refractivity contribution in [2.45, 2.75) is 133 Å². The summed E-state index contributed by atoms with van der Waals surface area (Å²) in [6.45, 7) is 18.4. The van der Waals surface area contributed by atoms with Crippen LogP contribution in [-0.2, 0) is 39.3 Å². The molecule has 3 aliphatic heterocycles. The highest BCUT2D eigenvalue weighted by molar-refractivity contribution is 7.90. The third kappa shape index (κ3) is 7.46. The first kappa shape index (κ1) is 42.2. The standard InChI is InChI=1S/C33H53N5O13SSi2/c1-31(2,3)53(7,8)47-17-23-33(22(34)18-52(45,46)51-33)27(50-54(9,10)32(4,5)6)28(49-23)36-14-12-25(42)38(30(36)44)19-37-24(41)11-13-35(29(37)43)26-15-20(40)21(16-39)48-26/h11-14,18,20-21,23,26-28,39-40H,15-17,19,34H2,1-10H3/t20-,21+,23+,26+,27-,28+,33?/m0/s1. The molecule has 2 aromatic heterocycles. The predicted molar refractivity (Wildman–Crippen MR) is 201 cm³/mol. The zero-order valence-electron chi connectivity index (χ0n) is 32.3. The van der Waals surface area contributed by atoms with E-state index < -0.39 is 110 Å². The molecule has 2 fully saturated rings. The molecule has 21 heteroatoms. The maximum Gasteiger partial charge on any atom is 0.334 e. The van der Waals surface area contributed by atoms with Crippen LogP contribution in [0.25, 0.3) is 0 Å². The number of aliphatic hydroxyl groups is 2. The van der Waals surface area contributed by atoms with Gasteiger partial charge in [0.15, 0.2) is 28.5 Å². The van der Waals surface area contributed by atoms with Crippen LogP contribution in [0.5, 0.6) is 0 Å². The second kappa shape index (κ2) is 14.2. The van der Waals surface area contributed by atoms with Gasteiger partial charge in [-0.3, -0.25) is 18.7 Å². The number of rotatable bonds is 10. The first-order valence-electron chi connectivity index (χ1n) is 17.7. The Labute approximate surface area is 315 Å². The van der Waals surface area contributed by atoms with E-state index >= 15 is 0 Å². The fraction of sp³-hybridized carbons (Fsp3) is 0.697. The number of nitrogens with zero attached hydrogens (tertiary/aromatic N) is 4. The Bertz CT molecular complexity index is 2150. The first-order valence-corrected chi connectivity index (χ1v) is 24.9. The minimum Gasteiger partial charge on any atom is -0.414 e. The number of ether oxygens (including phenoxy) is 2. The summed E-state index contributed by atoms with van der Waals surface area (Å²) in [4.78, 5) is 54.4. The summed E-state index contributed by atoms with van der Waals surface area (Å²) < 4.78 is 61.1. The normalized spacial score (nSPS) is 28.9. The lowest BCUT2D eigenvalue weighted by molar-refractivity contribution is -0.0567. The highest BCUT2D eigenvalue weighted by atomic mass is 32.2. The van der Waals surface area contributed by atoms with Crippen LogP contribution in [0.15, 0.2) is 54.8 Å². The largest absolute Gasteiger partial charge is 0.414 e. The molecule has 18 nitrogen and oxygen atoms in total. The Morgan fingerprint density at radius 2 is 1.44 bits per heavy atom. The SMILES string of the molecule is CC(C)(C)[Si](C)(C)OC[C@H]1O[C@@H](n2ccc(=O)n(Cn3c(=O)ccn([C@H]4C[C@H](O)[C@@H](CO)O4)c3=O)c2=O)[C@H](O[Si](C)(C)C(C)(C)C)C12OS(=O)(=O)C=C2N. The van der Waals surface area contributed by atoms with Gasteiger partial charge in [-0.05, 0) is 36.3 Å². The summed E-state index contributed by atoms with van der Waals surface area (Å²) in [5, 5.41) is 19.9. The first-order chi connectivity index (χ1) is 24.7. The molecule has 5 heterocycles. The van der Waals surface area contributed by atoms with Crippen LogP contribution in [0.4, 0.5) is 0 Å². The zero-order chi connectivity index (χ0) is 40.6. The van der Waals surface area contributed by atoms with E-state index in [4.69, 9.17) is 28.2 Å². The molecule has 0 amide bonds. The van der Waals surface area contributed by atoms with Gasteiger partial charge in [-0.25, -0.2) is 22.9 Å². The van der Waals surface area contributed by atoms with Gasteiger partial charge in [0.2, 0.25) is 0 Å². The molecule has 2 saturated heterocycles. The van der Waals surface area contributed by atoms with E-state index in [0.29, 0.717) is 9.13 Å². The van der Waals surface area contributed by atoms with E-state index in [-0.39, 0.29) is 23.8 Å². The van der Waals surface area contributed by atoms with Gasteiger partial charge in [0.25, 0.3) is 21.2 Å². The van der Waals surface area contributed by atoms with Crippen molar-refractivity contribution in [2.75, 3.05) is 13.2 Å². The molecule has 0 aromatic carbocycles. The van der Waals surface area contributed by atoms with Gasteiger partial charge in [-0.2, -0.15) is 8.42 Å². The number of nitrogens with two attached hydrogens (primary N) is 1. The van der Waals surface area contributed by atoms with Crippen LogP contribution in [0.2, 0.25) is 36.3 Å². The van der Waals surface area contributed by atoms with Crippen molar-refractivity contribution in [1.29, 1.82) is 0 Å². The fourth-order valence-corrected chi connectivity index (χ4v) is 9.65. The average Bonchev–Trinajstić information content (AvgIpc) is 3.63. The maximum absolute atomic E-state index is 14.4.